The number of hydrazine groups is 1. The van der Waals surface area contributed by atoms with Gasteiger partial charge < -0.3 is 0 Å². The lowest BCUT2D eigenvalue weighted by molar-refractivity contribution is -0.118. The molecule has 0 aromatic heterocycles. The number of anilines is 1. The van der Waals surface area contributed by atoms with Gasteiger partial charge in [-0.25, -0.2) is 8.78 Å². The first-order chi connectivity index (χ1) is 7.04. The van der Waals surface area contributed by atoms with Crippen LogP contribution in [0.25, 0.3) is 0 Å². The van der Waals surface area contributed by atoms with Crippen LogP contribution < -0.4 is 10.9 Å². The van der Waals surface area contributed by atoms with E-state index in [9.17, 15) is 13.6 Å². The Morgan fingerprint density at radius 2 is 2.07 bits per heavy atom. The number of rotatable bonds is 2. The third-order valence-corrected chi connectivity index (χ3v) is 1.55. The Balaban J connectivity index is 2.96. The van der Waals surface area contributed by atoms with E-state index in [-0.39, 0.29) is 11.3 Å². The zero-order valence-electron chi connectivity index (χ0n) is 7.77. The number of carbonyl (C=O) groups excluding carboxylic acids is 1. The molecule has 0 radical (unpaired) electrons. The third-order valence-electron chi connectivity index (χ3n) is 1.55. The predicted molar refractivity (Wildman–Crippen MR) is 48.5 cm³/mol. The van der Waals surface area contributed by atoms with Crippen LogP contribution in [0.2, 0.25) is 0 Å². The summed E-state index contributed by atoms with van der Waals surface area (Å²) in [4.78, 5) is 10.5. The van der Waals surface area contributed by atoms with Crippen LogP contribution in [-0.4, -0.2) is 5.91 Å². The molecule has 6 heteroatoms. The van der Waals surface area contributed by atoms with Crippen LogP contribution in [0.3, 0.4) is 0 Å². The van der Waals surface area contributed by atoms with Crippen LogP contribution in [-0.2, 0) is 4.79 Å². The molecule has 0 bridgehead atoms. The lowest BCUT2D eigenvalue weighted by Gasteiger charge is -2.07. The average Bonchev–Trinajstić information content (AvgIpc) is 2.18. The average molecular weight is 211 g/mol. The van der Waals surface area contributed by atoms with Gasteiger partial charge in [-0.05, 0) is 6.07 Å². The lowest BCUT2D eigenvalue weighted by atomic mass is 10.2. The molecule has 15 heavy (non-hydrogen) atoms. The van der Waals surface area contributed by atoms with Crippen LogP contribution in [0.15, 0.2) is 12.1 Å². The molecule has 0 aliphatic heterocycles. The monoisotopic (exact) mass is 211 g/mol. The van der Waals surface area contributed by atoms with Gasteiger partial charge in [-0.3, -0.25) is 15.6 Å². The Morgan fingerprint density at radius 3 is 2.60 bits per heavy atom. The second kappa shape index (κ2) is 4.37. The van der Waals surface area contributed by atoms with E-state index in [2.05, 4.69) is 10.9 Å². The largest absolute Gasteiger partial charge is 0.296 e. The lowest BCUT2D eigenvalue weighted by Crippen LogP contribution is -2.27. The van der Waals surface area contributed by atoms with E-state index in [1.165, 1.54) is 13.0 Å². The van der Waals surface area contributed by atoms with Gasteiger partial charge in [0.25, 0.3) is 0 Å². The molecule has 0 unspecified atom stereocenters. The van der Waals surface area contributed by atoms with Crippen molar-refractivity contribution < 1.29 is 13.6 Å². The number of hydrogen-bond acceptors (Lipinski definition) is 3. The van der Waals surface area contributed by atoms with Crippen molar-refractivity contribution in [3.05, 3.63) is 29.3 Å². The van der Waals surface area contributed by atoms with Crippen LogP contribution in [0.4, 0.5) is 14.5 Å². The number of nitrogens with one attached hydrogen (secondary N) is 2. The van der Waals surface area contributed by atoms with Crippen LogP contribution in [0, 0.1) is 23.0 Å². The molecule has 1 aromatic rings. The van der Waals surface area contributed by atoms with Crippen molar-refractivity contribution in [3.8, 4) is 6.07 Å². The summed E-state index contributed by atoms with van der Waals surface area (Å²) >= 11 is 0. The number of hydrogen-bond donors (Lipinski definition) is 2. The van der Waals surface area contributed by atoms with Crippen molar-refractivity contribution in [3.63, 3.8) is 0 Å². The topological polar surface area (TPSA) is 64.9 Å². The smallest absolute Gasteiger partial charge is 0.235 e. The normalized spacial score (nSPS) is 9.20. The number of nitrogens with zero attached hydrogens (tertiary/aromatic N) is 1. The number of nitriles is 1. The number of carbonyl (C=O) groups is 1. The molecule has 0 saturated carbocycles. The second-order valence-corrected chi connectivity index (χ2v) is 2.73. The molecule has 0 saturated heterocycles. The number of amides is 1. The first-order valence-corrected chi connectivity index (χ1v) is 3.96. The first-order valence-electron chi connectivity index (χ1n) is 3.96. The Bertz CT molecular complexity index is 440. The Labute approximate surface area is 84.5 Å². The molecule has 1 rings (SSSR count). The van der Waals surface area contributed by atoms with Crippen molar-refractivity contribution in [1.82, 2.24) is 5.43 Å². The van der Waals surface area contributed by atoms with E-state index in [1.807, 2.05) is 0 Å². The van der Waals surface area contributed by atoms with Crippen molar-refractivity contribution in [1.29, 1.82) is 5.26 Å². The minimum absolute atomic E-state index is 0.235. The van der Waals surface area contributed by atoms with Gasteiger partial charge >= 0.3 is 0 Å². The Kier molecular flexibility index (Phi) is 3.18. The summed E-state index contributed by atoms with van der Waals surface area (Å²) in [5.41, 5.74) is 3.65. The highest BCUT2D eigenvalue weighted by molar-refractivity contribution is 5.74. The van der Waals surface area contributed by atoms with Crippen molar-refractivity contribution in [2.75, 3.05) is 5.43 Å². The van der Waals surface area contributed by atoms with Gasteiger partial charge in [0, 0.05) is 13.0 Å². The van der Waals surface area contributed by atoms with E-state index < -0.39 is 17.5 Å². The van der Waals surface area contributed by atoms with Gasteiger partial charge in [0.2, 0.25) is 5.91 Å². The third kappa shape index (κ3) is 2.64. The number of benzene rings is 1. The van der Waals surface area contributed by atoms with Crippen molar-refractivity contribution >= 4 is 11.6 Å². The predicted octanol–water partition coefficient (Wildman–Crippen LogP) is 1.30. The highest BCUT2D eigenvalue weighted by Crippen LogP contribution is 2.17. The van der Waals surface area contributed by atoms with Gasteiger partial charge in [0.05, 0.1) is 11.3 Å². The van der Waals surface area contributed by atoms with E-state index in [4.69, 9.17) is 5.26 Å². The van der Waals surface area contributed by atoms with Gasteiger partial charge in [-0.15, -0.1) is 0 Å². The molecule has 1 amide bonds. The molecular formula is C9H7F2N3O. The summed E-state index contributed by atoms with van der Waals surface area (Å²) in [6.07, 6.45) is 0. The van der Waals surface area contributed by atoms with Crippen LogP contribution >= 0.6 is 0 Å². The summed E-state index contributed by atoms with van der Waals surface area (Å²) in [6, 6.07) is 3.04. The van der Waals surface area contributed by atoms with Gasteiger partial charge in [0.1, 0.15) is 17.7 Å². The summed E-state index contributed by atoms with van der Waals surface area (Å²) in [5.74, 6) is -2.12. The Morgan fingerprint density at radius 1 is 1.40 bits per heavy atom. The Hall–Kier alpha value is -2.16. The quantitative estimate of drug-likeness (QED) is 0.724. The summed E-state index contributed by atoms with van der Waals surface area (Å²) < 4.78 is 26.1. The van der Waals surface area contributed by atoms with Gasteiger partial charge in [0.15, 0.2) is 0 Å². The minimum atomic E-state index is -0.855. The molecular weight excluding hydrogens is 204 g/mol. The van der Waals surface area contributed by atoms with Gasteiger partial charge in [-0.2, -0.15) is 5.26 Å². The highest BCUT2D eigenvalue weighted by Gasteiger charge is 2.09. The zero-order valence-corrected chi connectivity index (χ0v) is 7.77. The maximum atomic E-state index is 13.1. The van der Waals surface area contributed by atoms with Crippen molar-refractivity contribution in [2.24, 2.45) is 0 Å². The highest BCUT2D eigenvalue weighted by atomic mass is 19.1. The molecule has 0 atom stereocenters. The molecule has 0 aliphatic carbocycles. The van der Waals surface area contributed by atoms with E-state index in [0.717, 1.165) is 12.1 Å². The molecule has 0 spiro atoms. The standard InChI is InChI=1S/C9H7F2N3O/c1-5(15)13-14-9-3-7(10)6(4-12)2-8(9)11/h2-3,14H,1H3,(H,13,15). The molecule has 0 heterocycles. The van der Waals surface area contributed by atoms with Gasteiger partial charge in [-0.1, -0.05) is 0 Å². The fourth-order valence-electron chi connectivity index (χ4n) is 0.884. The molecule has 4 nitrogen and oxygen atoms in total. The minimum Gasteiger partial charge on any atom is -0.296 e. The van der Waals surface area contributed by atoms with E-state index in [1.54, 1.807) is 0 Å². The first kappa shape index (κ1) is 10.9. The molecule has 78 valence electrons. The number of halogens is 2. The maximum Gasteiger partial charge on any atom is 0.235 e. The van der Waals surface area contributed by atoms with E-state index >= 15 is 0 Å². The molecule has 0 fully saturated rings. The molecule has 2 N–H and O–H groups in total. The summed E-state index contributed by atoms with van der Waals surface area (Å²) in [5, 5.41) is 8.41. The van der Waals surface area contributed by atoms with Crippen LogP contribution in [0.1, 0.15) is 12.5 Å². The fraction of sp³-hybridized carbons (Fsp3) is 0.111. The fourth-order valence-corrected chi connectivity index (χ4v) is 0.884. The molecule has 1 aromatic carbocycles. The van der Waals surface area contributed by atoms with E-state index in [0.29, 0.717) is 0 Å². The molecule has 0 aliphatic rings. The van der Waals surface area contributed by atoms with Crippen LogP contribution in [0.5, 0.6) is 0 Å². The summed E-state index contributed by atoms with van der Waals surface area (Å²) in [6.45, 7) is 1.21. The van der Waals surface area contributed by atoms with Crippen molar-refractivity contribution in [2.45, 2.75) is 6.92 Å². The summed E-state index contributed by atoms with van der Waals surface area (Å²) in [7, 11) is 0. The maximum absolute atomic E-state index is 13.1. The second-order valence-electron chi connectivity index (χ2n) is 2.73. The SMILES string of the molecule is CC(=O)NNc1cc(F)c(C#N)cc1F. The zero-order chi connectivity index (χ0) is 11.4.